The van der Waals surface area contributed by atoms with Gasteiger partial charge in [-0.3, -0.25) is 0 Å². The van der Waals surface area contributed by atoms with Crippen LogP contribution in [0.4, 0.5) is 5.82 Å². The van der Waals surface area contributed by atoms with E-state index in [1.807, 2.05) is 18.3 Å². The molecule has 0 aliphatic rings. The van der Waals surface area contributed by atoms with Gasteiger partial charge in [0.25, 0.3) is 0 Å². The third-order valence-corrected chi connectivity index (χ3v) is 4.66. The molecule has 0 N–H and O–H groups in total. The fraction of sp³-hybridized carbons (Fsp3) is 0.357. The van der Waals surface area contributed by atoms with Gasteiger partial charge in [-0.05, 0) is 59.2 Å². The average Bonchev–Trinajstić information content (AvgIpc) is 2.81. The largest absolute Gasteiger partial charge is 0.351 e. The quantitative estimate of drug-likeness (QED) is 0.762. The summed E-state index contributed by atoms with van der Waals surface area (Å²) in [7, 11) is 4.19. The van der Waals surface area contributed by atoms with Crippen molar-refractivity contribution in [1.82, 2.24) is 9.88 Å². The minimum Gasteiger partial charge on any atom is -0.351 e. The van der Waals surface area contributed by atoms with E-state index in [-0.39, 0.29) is 12.4 Å². The summed E-state index contributed by atoms with van der Waals surface area (Å²) in [6, 6.07) is 8.22. The number of anilines is 1. The first kappa shape index (κ1) is 17.4. The second kappa shape index (κ2) is 8.62. The molecule has 110 valence electrons. The molecule has 0 saturated carbocycles. The second-order valence-corrected chi connectivity index (χ2v) is 6.87. The van der Waals surface area contributed by atoms with Crippen molar-refractivity contribution >= 4 is 45.5 Å². The number of nitrogens with zero attached hydrogens (tertiary/aromatic N) is 3. The number of aromatic nitrogens is 1. The lowest BCUT2D eigenvalue weighted by atomic mass is 10.3. The summed E-state index contributed by atoms with van der Waals surface area (Å²) in [6.45, 7) is 2.86. The Morgan fingerprint density at radius 3 is 2.55 bits per heavy atom. The molecule has 0 radical (unpaired) electrons. The fourth-order valence-electron chi connectivity index (χ4n) is 1.77. The third kappa shape index (κ3) is 5.05. The molecule has 0 spiro atoms. The summed E-state index contributed by atoms with van der Waals surface area (Å²) in [4.78, 5) is 8.97. The van der Waals surface area contributed by atoms with Crippen LogP contribution in [0, 0.1) is 0 Å². The van der Waals surface area contributed by atoms with Crippen LogP contribution in [-0.4, -0.2) is 37.1 Å². The molecule has 20 heavy (non-hydrogen) atoms. The van der Waals surface area contributed by atoms with Crippen LogP contribution < -0.4 is 4.90 Å². The van der Waals surface area contributed by atoms with Gasteiger partial charge in [0.1, 0.15) is 5.82 Å². The van der Waals surface area contributed by atoms with Crippen molar-refractivity contribution in [2.75, 3.05) is 32.1 Å². The SMILES string of the molecule is CN(C)CCN(Cc1ccsc1Br)c1ccccn1.Cl. The fourth-order valence-corrected chi connectivity index (χ4v) is 2.99. The number of thiophene rings is 1. The van der Waals surface area contributed by atoms with Crippen molar-refractivity contribution in [3.63, 3.8) is 0 Å². The zero-order chi connectivity index (χ0) is 13.7. The first-order valence-electron chi connectivity index (χ1n) is 6.19. The molecule has 0 saturated heterocycles. The Morgan fingerprint density at radius 1 is 1.20 bits per heavy atom. The topological polar surface area (TPSA) is 19.4 Å². The normalized spacial score (nSPS) is 10.4. The minimum absolute atomic E-state index is 0. The van der Waals surface area contributed by atoms with Crippen molar-refractivity contribution in [3.05, 3.63) is 45.2 Å². The maximum absolute atomic E-state index is 4.46. The Kier molecular flexibility index (Phi) is 7.51. The molecule has 6 heteroatoms. The van der Waals surface area contributed by atoms with E-state index in [4.69, 9.17) is 0 Å². The second-order valence-electron chi connectivity index (χ2n) is 4.63. The molecule has 2 heterocycles. The Hall–Kier alpha value is -0.620. The monoisotopic (exact) mass is 375 g/mol. The van der Waals surface area contributed by atoms with Crippen molar-refractivity contribution in [2.24, 2.45) is 0 Å². The van der Waals surface area contributed by atoms with E-state index in [1.54, 1.807) is 11.3 Å². The minimum atomic E-state index is 0. The predicted octanol–water partition coefficient (Wildman–Crippen LogP) is 3.90. The number of hydrogen-bond donors (Lipinski definition) is 0. The van der Waals surface area contributed by atoms with Gasteiger partial charge in [-0.2, -0.15) is 0 Å². The molecule has 0 aromatic carbocycles. The number of rotatable bonds is 6. The maximum Gasteiger partial charge on any atom is 0.128 e. The zero-order valence-electron chi connectivity index (χ0n) is 11.6. The molecule has 0 fully saturated rings. The summed E-state index contributed by atoms with van der Waals surface area (Å²) in [5.41, 5.74) is 1.31. The molecule has 2 aromatic rings. The van der Waals surface area contributed by atoms with Crippen molar-refractivity contribution < 1.29 is 0 Å². The van der Waals surface area contributed by atoms with Crippen LogP contribution in [0.5, 0.6) is 0 Å². The van der Waals surface area contributed by atoms with Gasteiger partial charge in [-0.15, -0.1) is 23.7 Å². The number of likely N-dealkylation sites (N-methyl/N-ethyl adjacent to an activating group) is 1. The van der Waals surface area contributed by atoms with Gasteiger partial charge in [-0.25, -0.2) is 4.98 Å². The van der Waals surface area contributed by atoms with Crippen LogP contribution in [0.3, 0.4) is 0 Å². The summed E-state index contributed by atoms with van der Waals surface area (Å²) < 4.78 is 1.21. The van der Waals surface area contributed by atoms with Gasteiger partial charge < -0.3 is 9.80 Å². The van der Waals surface area contributed by atoms with E-state index in [2.05, 4.69) is 62.3 Å². The highest BCUT2D eigenvalue weighted by molar-refractivity contribution is 9.11. The van der Waals surface area contributed by atoms with E-state index in [1.165, 1.54) is 9.35 Å². The smallest absolute Gasteiger partial charge is 0.128 e. The van der Waals surface area contributed by atoms with Crippen LogP contribution >= 0.6 is 39.7 Å². The lowest BCUT2D eigenvalue weighted by Crippen LogP contribution is -2.31. The van der Waals surface area contributed by atoms with E-state index >= 15 is 0 Å². The Labute approximate surface area is 139 Å². The van der Waals surface area contributed by atoms with Gasteiger partial charge in [0.2, 0.25) is 0 Å². The van der Waals surface area contributed by atoms with E-state index in [0.29, 0.717) is 0 Å². The number of halogens is 2. The molecule has 2 rings (SSSR count). The van der Waals surface area contributed by atoms with Crippen LogP contribution in [0.15, 0.2) is 39.6 Å². The van der Waals surface area contributed by atoms with Crippen LogP contribution in [0.1, 0.15) is 5.56 Å². The lowest BCUT2D eigenvalue weighted by Gasteiger charge is -2.25. The summed E-state index contributed by atoms with van der Waals surface area (Å²) in [5.74, 6) is 1.03. The predicted molar refractivity (Wildman–Crippen MR) is 93.1 cm³/mol. The Morgan fingerprint density at radius 2 is 2.00 bits per heavy atom. The molecule has 0 amide bonds. The number of pyridine rings is 1. The average molecular weight is 377 g/mol. The highest BCUT2D eigenvalue weighted by Gasteiger charge is 2.11. The van der Waals surface area contributed by atoms with Gasteiger partial charge in [0.15, 0.2) is 0 Å². The number of hydrogen-bond acceptors (Lipinski definition) is 4. The van der Waals surface area contributed by atoms with Crippen molar-refractivity contribution in [2.45, 2.75) is 6.54 Å². The van der Waals surface area contributed by atoms with Crippen molar-refractivity contribution in [3.8, 4) is 0 Å². The first-order chi connectivity index (χ1) is 9.16. The van der Waals surface area contributed by atoms with Gasteiger partial charge in [0, 0.05) is 25.8 Å². The maximum atomic E-state index is 4.46. The molecular formula is C14H19BrClN3S. The van der Waals surface area contributed by atoms with Gasteiger partial charge in [-0.1, -0.05) is 6.07 Å². The molecule has 0 aliphatic heterocycles. The zero-order valence-corrected chi connectivity index (χ0v) is 14.8. The van der Waals surface area contributed by atoms with Crippen LogP contribution in [0.2, 0.25) is 0 Å². The lowest BCUT2D eigenvalue weighted by molar-refractivity contribution is 0.412. The molecule has 0 atom stereocenters. The van der Waals surface area contributed by atoms with E-state index in [0.717, 1.165) is 25.5 Å². The van der Waals surface area contributed by atoms with Crippen LogP contribution in [-0.2, 0) is 6.54 Å². The van der Waals surface area contributed by atoms with E-state index in [9.17, 15) is 0 Å². The van der Waals surface area contributed by atoms with Crippen molar-refractivity contribution in [1.29, 1.82) is 0 Å². The summed E-state index contributed by atoms with van der Waals surface area (Å²) in [6.07, 6.45) is 1.85. The highest BCUT2D eigenvalue weighted by atomic mass is 79.9. The third-order valence-electron chi connectivity index (χ3n) is 2.84. The molecule has 0 unspecified atom stereocenters. The van der Waals surface area contributed by atoms with Gasteiger partial charge >= 0.3 is 0 Å². The van der Waals surface area contributed by atoms with Crippen LogP contribution in [0.25, 0.3) is 0 Å². The molecule has 3 nitrogen and oxygen atoms in total. The standard InChI is InChI=1S/C14H18BrN3S.ClH/c1-17(2)8-9-18(13-5-3-4-7-16-13)11-12-6-10-19-14(12)15;/h3-7,10H,8-9,11H2,1-2H3;1H. The molecule has 0 bridgehead atoms. The molecular weight excluding hydrogens is 358 g/mol. The molecule has 0 aliphatic carbocycles. The first-order valence-corrected chi connectivity index (χ1v) is 7.86. The summed E-state index contributed by atoms with van der Waals surface area (Å²) in [5, 5.41) is 2.11. The molecule has 2 aromatic heterocycles. The highest BCUT2D eigenvalue weighted by Crippen LogP contribution is 2.26. The van der Waals surface area contributed by atoms with Gasteiger partial charge in [0.05, 0.1) is 3.79 Å². The van der Waals surface area contributed by atoms with E-state index < -0.39 is 0 Å². The summed E-state index contributed by atoms with van der Waals surface area (Å²) >= 11 is 5.33. The Bertz CT molecular complexity index is 504. The Balaban J connectivity index is 0.00000200.